The van der Waals surface area contributed by atoms with E-state index in [1.54, 1.807) is 12.1 Å². The van der Waals surface area contributed by atoms with Crippen molar-refractivity contribution in [2.24, 2.45) is 0 Å². The summed E-state index contributed by atoms with van der Waals surface area (Å²) in [7, 11) is 1.42. The minimum absolute atomic E-state index is 0.0326. The monoisotopic (exact) mass is 362 g/mol. The van der Waals surface area contributed by atoms with Crippen LogP contribution in [-0.2, 0) is 5.41 Å². The van der Waals surface area contributed by atoms with Gasteiger partial charge < -0.3 is 20.2 Å². The molecule has 3 aromatic rings. The van der Waals surface area contributed by atoms with Crippen LogP contribution in [-0.4, -0.2) is 35.2 Å². The van der Waals surface area contributed by atoms with E-state index in [2.05, 4.69) is 4.98 Å². The molecule has 0 saturated heterocycles. The van der Waals surface area contributed by atoms with Gasteiger partial charge in [-0.05, 0) is 29.3 Å². The number of nitrogens with one attached hydrogen (secondary N) is 2. The van der Waals surface area contributed by atoms with Crippen molar-refractivity contribution < 1.29 is 19.4 Å². The molecule has 1 aliphatic rings. The highest BCUT2D eigenvalue weighted by Crippen LogP contribution is 2.45. The Morgan fingerprint density at radius 2 is 2.00 bits per heavy atom. The lowest BCUT2D eigenvalue weighted by Crippen LogP contribution is -2.30. The van der Waals surface area contributed by atoms with Gasteiger partial charge in [-0.3, -0.25) is 4.79 Å². The summed E-state index contributed by atoms with van der Waals surface area (Å²) < 4.78 is 5.25. The number of carbonyl (C=O) groups excluding carboxylic acids is 1. The van der Waals surface area contributed by atoms with Crippen molar-refractivity contribution >= 4 is 28.9 Å². The molecular formula is C21H18N2O4. The molecule has 0 aliphatic heterocycles. The highest BCUT2D eigenvalue weighted by atomic mass is 16.5. The lowest BCUT2D eigenvalue weighted by Gasteiger charge is -2.32. The maximum absolute atomic E-state index is 13.3. The highest BCUT2D eigenvalue weighted by Gasteiger charge is 2.40. The average Bonchev–Trinajstić information content (AvgIpc) is 3.05. The zero-order valence-corrected chi connectivity index (χ0v) is 15.1. The number of ketones is 1. The highest BCUT2D eigenvalue weighted by molar-refractivity contribution is 6.20. The second kappa shape index (κ2) is 5.54. The summed E-state index contributed by atoms with van der Waals surface area (Å²) in [6.45, 7) is 3.98. The number of ether oxygens (including phenoxy) is 1. The number of hydrogen-bond donors (Lipinski definition) is 3. The van der Waals surface area contributed by atoms with E-state index < -0.39 is 11.4 Å². The standard InChI is InChI=1S/C21H18N2O4/c1-21(2)14-8-16(27-3)13(20(25)26)7-12(14)18(24)17-11-5-4-10(9-22)6-15(11)23-19(17)21/h4-9,22-23H,1-3H3,(H,25,26). The van der Waals surface area contributed by atoms with Crippen LogP contribution < -0.4 is 4.74 Å². The summed E-state index contributed by atoms with van der Waals surface area (Å²) >= 11 is 0. The summed E-state index contributed by atoms with van der Waals surface area (Å²) in [6, 6.07) is 8.50. The van der Waals surface area contributed by atoms with E-state index in [0.29, 0.717) is 11.1 Å². The van der Waals surface area contributed by atoms with Crippen LogP contribution in [0.5, 0.6) is 5.75 Å². The van der Waals surface area contributed by atoms with Crippen molar-refractivity contribution in [3.8, 4) is 5.75 Å². The maximum atomic E-state index is 13.3. The minimum Gasteiger partial charge on any atom is -0.496 e. The molecule has 0 radical (unpaired) electrons. The molecule has 0 bridgehead atoms. The fraction of sp³-hybridized carbons (Fsp3) is 0.190. The molecule has 0 unspecified atom stereocenters. The lowest BCUT2D eigenvalue weighted by atomic mass is 9.71. The molecule has 0 saturated carbocycles. The minimum atomic E-state index is -1.14. The molecular weight excluding hydrogens is 344 g/mol. The number of aromatic nitrogens is 1. The first-order chi connectivity index (χ1) is 12.8. The Morgan fingerprint density at radius 1 is 1.26 bits per heavy atom. The van der Waals surface area contributed by atoms with Crippen LogP contribution in [0.4, 0.5) is 0 Å². The Hall–Kier alpha value is -3.41. The first kappa shape index (κ1) is 17.0. The van der Waals surface area contributed by atoms with E-state index >= 15 is 0 Å². The smallest absolute Gasteiger partial charge is 0.339 e. The number of rotatable bonds is 3. The molecule has 2 aromatic carbocycles. The molecule has 1 aromatic heterocycles. The zero-order valence-electron chi connectivity index (χ0n) is 15.1. The third kappa shape index (κ3) is 2.23. The van der Waals surface area contributed by atoms with Crippen LogP contribution in [0, 0.1) is 5.41 Å². The molecule has 27 heavy (non-hydrogen) atoms. The molecule has 4 rings (SSSR count). The summed E-state index contributed by atoms with van der Waals surface area (Å²) in [6.07, 6.45) is 1.25. The van der Waals surface area contributed by atoms with Crippen LogP contribution in [0.2, 0.25) is 0 Å². The second-order valence-corrected chi connectivity index (χ2v) is 7.18. The van der Waals surface area contributed by atoms with Crippen LogP contribution >= 0.6 is 0 Å². The summed E-state index contributed by atoms with van der Waals surface area (Å²) in [4.78, 5) is 28.2. The third-order valence-corrected chi connectivity index (χ3v) is 5.33. The molecule has 1 aliphatic carbocycles. The number of methoxy groups -OCH3 is 1. The maximum Gasteiger partial charge on any atom is 0.339 e. The van der Waals surface area contributed by atoms with E-state index in [9.17, 15) is 14.7 Å². The number of carbonyl (C=O) groups is 2. The number of H-pyrrole nitrogens is 1. The van der Waals surface area contributed by atoms with Crippen molar-refractivity contribution in [3.63, 3.8) is 0 Å². The molecule has 1 heterocycles. The Kier molecular flexibility index (Phi) is 3.49. The molecule has 6 nitrogen and oxygen atoms in total. The SMILES string of the molecule is COc1cc2c(cc1C(=O)O)C(=O)c1c([nH]c3cc(C=N)ccc13)C2(C)C. The van der Waals surface area contributed by atoms with Crippen LogP contribution in [0.1, 0.15) is 56.9 Å². The second-order valence-electron chi connectivity index (χ2n) is 7.18. The van der Waals surface area contributed by atoms with Gasteiger partial charge in [0.25, 0.3) is 0 Å². The molecule has 0 amide bonds. The molecule has 6 heteroatoms. The average molecular weight is 362 g/mol. The van der Waals surface area contributed by atoms with Gasteiger partial charge in [-0.1, -0.05) is 26.0 Å². The number of hydrogen-bond acceptors (Lipinski definition) is 4. The number of aromatic amines is 1. The topological polar surface area (TPSA) is 103 Å². The third-order valence-electron chi connectivity index (χ3n) is 5.33. The molecule has 0 spiro atoms. The predicted molar refractivity (Wildman–Crippen MR) is 102 cm³/mol. The Labute approximate surface area is 155 Å². The van der Waals surface area contributed by atoms with Crippen LogP contribution in [0.25, 0.3) is 10.9 Å². The first-order valence-corrected chi connectivity index (χ1v) is 8.46. The van der Waals surface area contributed by atoms with Crippen molar-refractivity contribution in [1.29, 1.82) is 5.41 Å². The van der Waals surface area contributed by atoms with Gasteiger partial charge in [0.1, 0.15) is 11.3 Å². The van der Waals surface area contributed by atoms with Gasteiger partial charge in [0, 0.05) is 33.8 Å². The van der Waals surface area contributed by atoms with E-state index in [0.717, 1.165) is 27.7 Å². The van der Waals surface area contributed by atoms with Gasteiger partial charge in [-0.2, -0.15) is 0 Å². The molecule has 0 fully saturated rings. The molecule has 136 valence electrons. The van der Waals surface area contributed by atoms with Gasteiger partial charge in [0.2, 0.25) is 0 Å². The van der Waals surface area contributed by atoms with Crippen molar-refractivity contribution in [1.82, 2.24) is 4.98 Å². The largest absolute Gasteiger partial charge is 0.496 e. The van der Waals surface area contributed by atoms with E-state index in [4.69, 9.17) is 10.1 Å². The van der Waals surface area contributed by atoms with Gasteiger partial charge in [0.05, 0.1) is 12.7 Å². The van der Waals surface area contributed by atoms with Gasteiger partial charge in [-0.15, -0.1) is 0 Å². The first-order valence-electron chi connectivity index (χ1n) is 8.46. The normalized spacial score (nSPS) is 14.6. The van der Waals surface area contributed by atoms with Crippen LogP contribution in [0.3, 0.4) is 0 Å². The Balaban J connectivity index is 2.06. The van der Waals surface area contributed by atoms with Gasteiger partial charge in [-0.25, -0.2) is 4.79 Å². The summed E-state index contributed by atoms with van der Waals surface area (Å²) in [5.41, 5.74) is 3.37. The fourth-order valence-electron chi connectivity index (χ4n) is 3.90. The summed E-state index contributed by atoms with van der Waals surface area (Å²) in [5.74, 6) is -1.12. The van der Waals surface area contributed by atoms with Gasteiger partial charge >= 0.3 is 5.97 Å². The number of aromatic carboxylic acids is 1. The fourth-order valence-corrected chi connectivity index (χ4v) is 3.90. The number of fused-ring (bicyclic) bond motifs is 4. The van der Waals surface area contributed by atoms with Crippen LogP contribution in [0.15, 0.2) is 30.3 Å². The van der Waals surface area contributed by atoms with E-state index in [1.807, 2.05) is 26.0 Å². The molecule has 3 N–H and O–H groups in total. The quantitative estimate of drug-likeness (QED) is 0.617. The van der Waals surface area contributed by atoms with Crippen molar-refractivity contribution in [2.75, 3.05) is 7.11 Å². The van der Waals surface area contributed by atoms with E-state index in [1.165, 1.54) is 19.4 Å². The summed E-state index contributed by atoms with van der Waals surface area (Å²) in [5, 5.41) is 17.7. The number of benzene rings is 2. The molecule has 0 atom stereocenters. The predicted octanol–water partition coefficient (Wildman–Crippen LogP) is 3.74. The zero-order chi connectivity index (χ0) is 19.5. The Bertz CT molecular complexity index is 1150. The Morgan fingerprint density at radius 3 is 2.63 bits per heavy atom. The number of carboxylic acid groups (broad SMARTS) is 1. The van der Waals surface area contributed by atoms with Crippen molar-refractivity contribution in [3.05, 3.63) is 63.8 Å². The van der Waals surface area contributed by atoms with E-state index in [-0.39, 0.29) is 17.1 Å². The van der Waals surface area contributed by atoms with Gasteiger partial charge in [0.15, 0.2) is 5.78 Å². The number of carboxylic acids is 1. The lowest BCUT2D eigenvalue weighted by molar-refractivity contribution is 0.0693. The van der Waals surface area contributed by atoms with Crippen molar-refractivity contribution in [2.45, 2.75) is 19.3 Å².